The number of nitrogens with one attached hydrogen (secondary N) is 1. The van der Waals surface area contributed by atoms with Gasteiger partial charge in [-0.15, -0.1) is 0 Å². The predicted molar refractivity (Wildman–Crippen MR) is 75.2 cm³/mol. The second-order valence-corrected chi connectivity index (χ2v) is 7.28. The third kappa shape index (κ3) is 3.98. The van der Waals surface area contributed by atoms with E-state index >= 15 is 0 Å². The van der Waals surface area contributed by atoms with Crippen LogP contribution in [0.1, 0.15) is 78.6 Å². The maximum Gasteiger partial charge on any atom is 0.00749 e. The minimum absolute atomic E-state index is 0.594. The van der Waals surface area contributed by atoms with Gasteiger partial charge in [0.2, 0.25) is 0 Å². The molecule has 1 N–H and O–H groups in total. The number of hydrogen-bond donors (Lipinski definition) is 1. The van der Waals surface area contributed by atoms with E-state index in [2.05, 4.69) is 26.1 Å². The number of hydrogen-bond acceptors (Lipinski definition) is 1. The molecule has 0 aromatic heterocycles. The minimum Gasteiger partial charge on any atom is -0.311 e. The van der Waals surface area contributed by atoms with Crippen LogP contribution in [-0.4, -0.2) is 12.1 Å². The Morgan fingerprint density at radius 2 is 1.71 bits per heavy atom. The van der Waals surface area contributed by atoms with Gasteiger partial charge in [-0.1, -0.05) is 33.6 Å². The Kier molecular flexibility index (Phi) is 4.52. The van der Waals surface area contributed by atoms with E-state index in [1.54, 1.807) is 0 Å². The molecule has 100 valence electrons. The van der Waals surface area contributed by atoms with E-state index in [1.807, 2.05) is 0 Å². The van der Waals surface area contributed by atoms with Gasteiger partial charge in [-0.25, -0.2) is 0 Å². The molecule has 0 aromatic rings. The van der Waals surface area contributed by atoms with Gasteiger partial charge in [-0.3, -0.25) is 0 Å². The van der Waals surface area contributed by atoms with E-state index in [4.69, 9.17) is 0 Å². The SMILES string of the molecule is CCCC1CCC(NC2CCC(C)(C)C2)CC1. The van der Waals surface area contributed by atoms with Crippen LogP contribution in [0.25, 0.3) is 0 Å². The summed E-state index contributed by atoms with van der Waals surface area (Å²) in [5, 5.41) is 3.94. The van der Waals surface area contributed by atoms with Crippen molar-refractivity contribution in [2.75, 3.05) is 0 Å². The molecular weight excluding hydrogens is 206 g/mol. The van der Waals surface area contributed by atoms with Gasteiger partial charge in [0.05, 0.1) is 0 Å². The molecule has 0 spiro atoms. The highest BCUT2D eigenvalue weighted by Crippen LogP contribution is 2.38. The van der Waals surface area contributed by atoms with Crippen molar-refractivity contribution in [1.29, 1.82) is 0 Å². The largest absolute Gasteiger partial charge is 0.311 e. The van der Waals surface area contributed by atoms with Crippen molar-refractivity contribution in [3.05, 3.63) is 0 Å². The Balaban J connectivity index is 1.68. The topological polar surface area (TPSA) is 12.0 Å². The summed E-state index contributed by atoms with van der Waals surface area (Å²) in [6, 6.07) is 1.65. The zero-order valence-electron chi connectivity index (χ0n) is 12.1. The van der Waals surface area contributed by atoms with Crippen LogP contribution in [0.3, 0.4) is 0 Å². The molecule has 0 aromatic carbocycles. The van der Waals surface area contributed by atoms with Crippen LogP contribution in [0.15, 0.2) is 0 Å². The first-order chi connectivity index (χ1) is 8.09. The zero-order chi connectivity index (χ0) is 12.3. The lowest BCUT2D eigenvalue weighted by Crippen LogP contribution is -2.39. The van der Waals surface area contributed by atoms with Gasteiger partial charge in [0.25, 0.3) is 0 Å². The van der Waals surface area contributed by atoms with Crippen molar-refractivity contribution in [3.63, 3.8) is 0 Å². The highest BCUT2D eigenvalue weighted by atomic mass is 15.0. The standard InChI is InChI=1S/C16H31N/c1-4-5-13-6-8-14(9-7-13)17-15-10-11-16(2,3)12-15/h13-15,17H,4-12H2,1-3H3. The van der Waals surface area contributed by atoms with Crippen LogP contribution in [0.4, 0.5) is 0 Å². The van der Waals surface area contributed by atoms with E-state index in [0.717, 1.165) is 18.0 Å². The Hall–Kier alpha value is -0.0400. The summed E-state index contributed by atoms with van der Waals surface area (Å²) in [7, 11) is 0. The van der Waals surface area contributed by atoms with E-state index in [9.17, 15) is 0 Å². The molecule has 17 heavy (non-hydrogen) atoms. The molecule has 2 aliphatic carbocycles. The number of rotatable bonds is 4. The molecule has 0 radical (unpaired) electrons. The summed E-state index contributed by atoms with van der Waals surface area (Å²) in [4.78, 5) is 0. The van der Waals surface area contributed by atoms with Crippen LogP contribution < -0.4 is 5.32 Å². The maximum atomic E-state index is 3.94. The monoisotopic (exact) mass is 237 g/mol. The normalized spacial score (nSPS) is 37.2. The molecule has 2 fully saturated rings. The van der Waals surface area contributed by atoms with Crippen LogP contribution in [0.2, 0.25) is 0 Å². The van der Waals surface area contributed by atoms with Crippen LogP contribution in [0, 0.1) is 11.3 Å². The van der Waals surface area contributed by atoms with Crippen molar-refractivity contribution < 1.29 is 0 Å². The molecule has 1 atom stereocenters. The molecule has 0 bridgehead atoms. The lowest BCUT2D eigenvalue weighted by molar-refractivity contribution is 0.257. The molecule has 2 aliphatic rings. The molecule has 1 unspecified atom stereocenters. The summed E-state index contributed by atoms with van der Waals surface area (Å²) in [5.74, 6) is 1.04. The first-order valence-corrected chi connectivity index (χ1v) is 7.85. The average molecular weight is 237 g/mol. The molecule has 0 aliphatic heterocycles. The summed E-state index contributed by atoms with van der Waals surface area (Å²) >= 11 is 0. The Morgan fingerprint density at radius 3 is 2.24 bits per heavy atom. The first-order valence-electron chi connectivity index (χ1n) is 7.85. The van der Waals surface area contributed by atoms with Crippen molar-refractivity contribution in [1.82, 2.24) is 5.32 Å². The lowest BCUT2D eigenvalue weighted by atomic mass is 9.83. The Labute approximate surface area is 108 Å². The van der Waals surface area contributed by atoms with Gasteiger partial charge in [0.15, 0.2) is 0 Å². The summed E-state index contributed by atoms with van der Waals surface area (Å²) in [6.07, 6.45) is 12.9. The minimum atomic E-state index is 0.594. The van der Waals surface area contributed by atoms with Gasteiger partial charge in [0, 0.05) is 12.1 Å². The third-order valence-corrected chi connectivity index (χ3v) is 4.98. The van der Waals surface area contributed by atoms with Gasteiger partial charge in [-0.05, 0) is 56.3 Å². The second kappa shape index (κ2) is 5.73. The molecule has 1 nitrogen and oxygen atoms in total. The van der Waals surface area contributed by atoms with Gasteiger partial charge < -0.3 is 5.32 Å². The first kappa shape index (κ1) is 13.4. The van der Waals surface area contributed by atoms with Crippen LogP contribution >= 0.6 is 0 Å². The fourth-order valence-electron chi connectivity index (χ4n) is 3.94. The van der Waals surface area contributed by atoms with E-state index in [1.165, 1.54) is 57.8 Å². The molecule has 0 saturated heterocycles. The second-order valence-electron chi connectivity index (χ2n) is 7.28. The highest BCUT2D eigenvalue weighted by molar-refractivity contribution is 4.89. The van der Waals surface area contributed by atoms with Crippen molar-refractivity contribution in [2.24, 2.45) is 11.3 Å². The van der Waals surface area contributed by atoms with Gasteiger partial charge in [-0.2, -0.15) is 0 Å². The molecule has 1 heteroatoms. The maximum absolute atomic E-state index is 3.94. The van der Waals surface area contributed by atoms with Gasteiger partial charge >= 0.3 is 0 Å². The molecule has 0 amide bonds. The van der Waals surface area contributed by atoms with Crippen molar-refractivity contribution >= 4 is 0 Å². The fourth-order valence-corrected chi connectivity index (χ4v) is 3.94. The van der Waals surface area contributed by atoms with Crippen molar-refractivity contribution in [3.8, 4) is 0 Å². The van der Waals surface area contributed by atoms with Gasteiger partial charge in [0.1, 0.15) is 0 Å². The summed E-state index contributed by atoms with van der Waals surface area (Å²) in [6.45, 7) is 7.17. The van der Waals surface area contributed by atoms with E-state index < -0.39 is 0 Å². The fraction of sp³-hybridized carbons (Fsp3) is 1.00. The quantitative estimate of drug-likeness (QED) is 0.758. The smallest absolute Gasteiger partial charge is 0.00749 e. The predicted octanol–water partition coefficient (Wildman–Crippen LogP) is 4.51. The van der Waals surface area contributed by atoms with Crippen LogP contribution in [0.5, 0.6) is 0 Å². The molecular formula is C16H31N. The van der Waals surface area contributed by atoms with Crippen molar-refractivity contribution in [2.45, 2.75) is 90.6 Å². The molecule has 2 rings (SSSR count). The summed E-state index contributed by atoms with van der Waals surface area (Å²) < 4.78 is 0. The third-order valence-electron chi connectivity index (χ3n) is 4.98. The van der Waals surface area contributed by atoms with E-state index in [0.29, 0.717) is 5.41 Å². The average Bonchev–Trinajstić information content (AvgIpc) is 2.61. The zero-order valence-corrected chi connectivity index (χ0v) is 12.1. The highest BCUT2D eigenvalue weighted by Gasteiger charge is 2.32. The molecule has 2 saturated carbocycles. The Bertz CT molecular complexity index is 226. The summed E-state index contributed by atoms with van der Waals surface area (Å²) in [5.41, 5.74) is 0.594. The lowest BCUT2D eigenvalue weighted by Gasteiger charge is -2.31. The van der Waals surface area contributed by atoms with Crippen LogP contribution in [-0.2, 0) is 0 Å². The Morgan fingerprint density at radius 1 is 1.00 bits per heavy atom. The molecule has 0 heterocycles. The van der Waals surface area contributed by atoms with E-state index in [-0.39, 0.29) is 0 Å².